The van der Waals surface area contributed by atoms with Crippen LogP contribution in [0.2, 0.25) is 0 Å². The molecule has 0 aliphatic carbocycles. The van der Waals surface area contributed by atoms with E-state index in [1.54, 1.807) is 0 Å². The number of nitrogens with zero attached hydrogens (tertiary/aromatic N) is 2. The van der Waals surface area contributed by atoms with E-state index in [1.165, 1.54) is 0 Å². The molecule has 2 aliphatic rings. The molecule has 0 unspecified atom stereocenters. The molecule has 2 saturated heterocycles. The molecule has 5 heteroatoms. The third-order valence-electron chi connectivity index (χ3n) is 4.37. The molecule has 1 atom stereocenters. The van der Waals surface area contributed by atoms with Crippen LogP contribution in [0.25, 0.3) is 0 Å². The lowest BCUT2D eigenvalue weighted by molar-refractivity contribution is -0.135. The number of hydrogen-bond acceptors (Lipinski definition) is 3. The minimum absolute atomic E-state index is 0.0740. The van der Waals surface area contributed by atoms with Crippen molar-refractivity contribution in [3.05, 3.63) is 0 Å². The fourth-order valence-electron chi connectivity index (χ4n) is 3.30. The zero-order chi connectivity index (χ0) is 14.7. The summed E-state index contributed by atoms with van der Waals surface area (Å²) in [5, 5.41) is 0. The standard InChI is InChI=1S/C15H27N3O2/c1-11(2)10-13(16)15(20)17-8-5-12(6-9-17)18-7-3-4-14(18)19/h11-13H,3-10,16H2,1-2H3/t13-/m0/s1. The van der Waals surface area contributed by atoms with E-state index in [0.717, 1.165) is 45.3 Å². The van der Waals surface area contributed by atoms with Crippen molar-refractivity contribution in [2.24, 2.45) is 11.7 Å². The largest absolute Gasteiger partial charge is 0.341 e. The van der Waals surface area contributed by atoms with Crippen molar-refractivity contribution in [2.75, 3.05) is 19.6 Å². The summed E-state index contributed by atoms with van der Waals surface area (Å²) in [5.74, 6) is 0.796. The van der Waals surface area contributed by atoms with E-state index in [0.29, 0.717) is 18.4 Å². The molecule has 0 aromatic rings. The van der Waals surface area contributed by atoms with Crippen LogP contribution >= 0.6 is 0 Å². The van der Waals surface area contributed by atoms with Gasteiger partial charge in [0.05, 0.1) is 6.04 Å². The van der Waals surface area contributed by atoms with Gasteiger partial charge in [-0.2, -0.15) is 0 Å². The minimum atomic E-state index is -0.375. The normalized spacial score (nSPS) is 22.7. The van der Waals surface area contributed by atoms with Crippen LogP contribution in [0.15, 0.2) is 0 Å². The van der Waals surface area contributed by atoms with Crippen LogP contribution in [0.3, 0.4) is 0 Å². The van der Waals surface area contributed by atoms with Crippen LogP contribution < -0.4 is 5.73 Å². The summed E-state index contributed by atoms with van der Waals surface area (Å²) >= 11 is 0. The van der Waals surface area contributed by atoms with Crippen molar-refractivity contribution >= 4 is 11.8 Å². The zero-order valence-electron chi connectivity index (χ0n) is 12.7. The Balaban J connectivity index is 1.81. The van der Waals surface area contributed by atoms with E-state index >= 15 is 0 Å². The summed E-state index contributed by atoms with van der Waals surface area (Å²) in [6.07, 6.45) is 4.21. The topological polar surface area (TPSA) is 66.6 Å². The van der Waals surface area contributed by atoms with Gasteiger partial charge in [-0.25, -0.2) is 0 Å². The molecule has 5 nitrogen and oxygen atoms in total. The van der Waals surface area contributed by atoms with Gasteiger partial charge in [-0.1, -0.05) is 13.8 Å². The predicted octanol–water partition coefficient (Wildman–Crippen LogP) is 0.973. The van der Waals surface area contributed by atoms with E-state index in [2.05, 4.69) is 13.8 Å². The van der Waals surface area contributed by atoms with Crippen molar-refractivity contribution in [3.63, 3.8) is 0 Å². The fourth-order valence-corrected chi connectivity index (χ4v) is 3.30. The number of carbonyl (C=O) groups excluding carboxylic acids is 2. The van der Waals surface area contributed by atoms with E-state index in [1.807, 2.05) is 9.80 Å². The van der Waals surface area contributed by atoms with Crippen LogP contribution in [-0.2, 0) is 9.59 Å². The first-order valence-electron chi connectivity index (χ1n) is 7.83. The molecule has 0 radical (unpaired) electrons. The number of rotatable bonds is 4. The Morgan fingerprint density at radius 2 is 1.95 bits per heavy atom. The number of piperidine rings is 1. The molecule has 0 spiro atoms. The van der Waals surface area contributed by atoms with Crippen LogP contribution in [0.1, 0.15) is 46.0 Å². The maximum atomic E-state index is 12.2. The van der Waals surface area contributed by atoms with E-state index in [-0.39, 0.29) is 17.9 Å². The summed E-state index contributed by atoms with van der Waals surface area (Å²) in [6.45, 7) is 6.53. The second-order valence-corrected chi connectivity index (χ2v) is 6.48. The van der Waals surface area contributed by atoms with Gasteiger partial charge in [-0.15, -0.1) is 0 Å². The van der Waals surface area contributed by atoms with Crippen LogP contribution in [0, 0.1) is 5.92 Å². The van der Waals surface area contributed by atoms with Gasteiger partial charge in [-0.05, 0) is 31.6 Å². The average Bonchev–Trinajstić information content (AvgIpc) is 2.83. The number of carbonyl (C=O) groups is 2. The first-order valence-corrected chi connectivity index (χ1v) is 7.83. The Kier molecular flexibility index (Phi) is 5.02. The molecule has 0 aromatic carbocycles. The van der Waals surface area contributed by atoms with Gasteiger partial charge in [0.15, 0.2) is 0 Å². The lowest BCUT2D eigenvalue weighted by Crippen LogP contribution is -2.51. The lowest BCUT2D eigenvalue weighted by atomic mass is 10.00. The number of amides is 2. The van der Waals surface area contributed by atoms with E-state index in [4.69, 9.17) is 5.73 Å². The van der Waals surface area contributed by atoms with Gasteiger partial charge in [0.1, 0.15) is 0 Å². The summed E-state index contributed by atoms with van der Waals surface area (Å²) in [4.78, 5) is 27.9. The molecule has 0 saturated carbocycles. The predicted molar refractivity (Wildman–Crippen MR) is 78.0 cm³/mol. The van der Waals surface area contributed by atoms with Gasteiger partial charge >= 0.3 is 0 Å². The second-order valence-electron chi connectivity index (χ2n) is 6.48. The van der Waals surface area contributed by atoms with Crippen molar-refractivity contribution in [1.82, 2.24) is 9.80 Å². The van der Waals surface area contributed by atoms with Crippen molar-refractivity contribution in [3.8, 4) is 0 Å². The summed E-state index contributed by atoms with van der Waals surface area (Å²) < 4.78 is 0. The maximum absolute atomic E-state index is 12.2. The highest BCUT2D eigenvalue weighted by Crippen LogP contribution is 2.22. The Labute approximate surface area is 121 Å². The summed E-state index contributed by atoms with van der Waals surface area (Å²) in [5.41, 5.74) is 5.97. The van der Waals surface area contributed by atoms with Gasteiger partial charge < -0.3 is 15.5 Å². The molecule has 0 bridgehead atoms. The fraction of sp³-hybridized carbons (Fsp3) is 0.867. The van der Waals surface area contributed by atoms with Gasteiger partial charge in [0, 0.05) is 32.1 Å². The molecular formula is C15H27N3O2. The lowest BCUT2D eigenvalue weighted by Gasteiger charge is -2.37. The van der Waals surface area contributed by atoms with Crippen molar-refractivity contribution < 1.29 is 9.59 Å². The highest BCUT2D eigenvalue weighted by molar-refractivity contribution is 5.82. The first-order chi connectivity index (χ1) is 9.49. The second kappa shape index (κ2) is 6.57. The third kappa shape index (κ3) is 3.51. The highest BCUT2D eigenvalue weighted by Gasteiger charge is 2.32. The van der Waals surface area contributed by atoms with Crippen LogP contribution in [-0.4, -0.2) is 53.3 Å². The summed E-state index contributed by atoms with van der Waals surface area (Å²) in [6, 6.07) is -0.0460. The van der Waals surface area contributed by atoms with Crippen molar-refractivity contribution in [1.29, 1.82) is 0 Å². The first kappa shape index (κ1) is 15.3. The summed E-state index contributed by atoms with van der Waals surface area (Å²) in [7, 11) is 0. The molecule has 114 valence electrons. The maximum Gasteiger partial charge on any atom is 0.239 e. The molecule has 0 aromatic heterocycles. The van der Waals surface area contributed by atoms with Crippen LogP contribution in [0.4, 0.5) is 0 Å². The Bertz CT molecular complexity index is 362. The van der Waals surface area contributed by atoms with Crippen molar-refractivity contribution in [2.45, 2.75) is 58.0 Å². The minimum Gasteiger partial charge on any atom is -0.341 e. The molecule has 2 heterocycles. The average molecular weight is 281 g/mol. The van der Waals surface area contributed by atoms with Crippen LogP contribution in [0.5, 0.6) is 0 Å². The molecular weight excluding hydrogens is 254 g/mol. The Morgan fingerprint density at radius 3 is 2.45 bits per heavy atom. The Morgan fingerprint density at radius 1 is 1.30 bits per heavy atom. The van der Waals surface area contributed by atoms with E-state index in [9.17, 15) is 9.59 Å². The Hall–Kier alpha value is -1.10. The SMILES string of the molecule is CC(C)C[C@H](N)C(=O)N1CCC(N2CCCC2=O)CC1. The molecule has 2 rings (SSSR count). The molecule has 20 heavy (non-hydrogen) atoms. The van der Waals surface area contributed by atoms with Gasteiger partial charge in [0.25, 0.3) is 0 Å². The van der Waals surface area contributed by atoms with Gasteiger partial charge in [0.2, 0.25) is 11.8 Å². The third-order valence-corrected chi connectivity index (χ3v) is 4.37. The molecule has 2 amide bonds. The monoisotopic (exact) mass is 281 g/mol. The molecule has 2 aliphatic heterocycles. The smallest absolute Gasteiger partial charge is 0.239 e. The number of likely N-dealkylation sites (tertiary alicyclic amines) is 2. The molecule has 2 N–H and O–H groups in total. The quantitative estimate of drug-likeness (QED) is 0.835. The number of hydrogen-bond donors (Lipinski definition) is 1. The zero-order valence-corrected chi connectivity index (χ0v) is 12.7. The van der Waals surface area contributed by atoms with Gasteiger partial charge in [-0.3, -0.25) is 9.59 Å². The highest BCUT2D eigenvalue weighted by atomic mass is 16.2. The van der Waals surface area contributed by atoms with E-state index < -0.39 is 0 Å². The number of nitrogens with two attached hydrogens (primary N) is 1. The molecule has 2 fully saturated rings.